The van der Waals surface area contributed by atoms with Gasteiger partial charge in [-0.3, -0.25) is 4.79 Å². The van der Waals surface area contributed by atoms with Crippen LogP contribution in [0.5, 0.6) is 0 Å². The van der Waals surface area contributed by atoms with Crippen molar-refractivity contribution in [3.8, 4) is 12.3 Å². The molecule has 0 aromatic rings. The van der Waals surface area contributed by atoms with Crippen molar-refractivity contribution in [3.05, 3.63) is 0 Å². The number of terminal acetylenes is 1. The van der Waals surface area contributed by atoms with Crippen LogP contribution in [0.4, 0.5) is 0 Å². The van der Waals surface area contributed by atoms with Crippen molar-refractivity contribution in [2.45, 2.75) is 52.1 Å². The summed E-state index contributed by atoms with van der Waals surface area (Å²) in [6, 6.07) is 0. The quantitative estimate of drug-likeness (QED) is 0.500. The van der Waals surface area contributed by atoms with Gasteiger partial charge >= 0.3 is 0 Å². The Balaban J connectivity index is 3.92. The van der Waals surface area contributed by atoms with Crippen LogP contribution >= 0.6 is 0 Å². The van der Waals surface area contributed by atoms with Crippen LogP contribution in [0.3, 0.4) is 0 Å². The van der Waals surface area contributed by atoms with Gasteiger partial charge < -0.3 is 5.11 Å². The van der Waals surface area contributed by atoms with Gasteiger partial charge in [-0.1, -0.05) is 26.7 Å². The van der Waals surface area contributed by atoms with E-state index in [-0.39, 0.29) is 11.7 Å². The third-order valence-corrected chi connectivity index (χ3v) is 2.57. The molecule has 0 saturated heterocycles. The first-order valence-corrected chi connectivity index (χ1v) is 5.31. The number of Topliss-reactive ketones (excluding diaryl/α,β-unsaturated/α-hetero) is 1. The molecule has 0 saturated carbocycles. The van der Waals surface area contributed by atoms with Crippen molar-refractivity contribution in [1.29, 1.82) is 0 Å². The Morgan fingerprint density at radius 2 is 2.00 bits per heavy atom. The predicted molar refractivity (Wildman–Crippen MR) is 57.8 cm³/mol. The number of carbonyl (C=O) groups excluding carboxylic acids is 1. The summed E-state index contributed by atoms with van der Waals surface area (Å²) in [5.74, 6) is 2.53. The minimum absolute atomic E-state index is 0.0612. The number of unbranched alkanes of at least 4 members (excludes halogenated alkanes) is 1. The molecule has 0 aliphatic heterocycles. The van der Waals surface area contributed by atoms with E-state index in [1.807, 2.05) is 13.8 Å². The van der Waals surface area contributed by atoms with Crippen LogP contribution in [-0.4, -0.2) is 17.0 Å². The van der Waals surface area contributed by atoms with Crippen LogP contribution in [0.2, 0.25) is 0 Å². The van der Waals surface area contributed by atoms with Crippen molar-refractivity contribution in [3.63, 3.8) is 0 Å². The molecule has 0 fully saturated rings. The molecule has 1 N–H and O–H groups in total. The third-order valence-electron chi connectivity index (χ3n) is 2.57. The molecule has 2 heteroatoms. The number of hydrogen-bond acceptors (Lipinski definition) is 2. The van der Waals surface area contributed by atoms with Crippen molar-refractivity contribution in [1.82, 2.24) is 0 Å². The average Bonchev–Trinajstić information content (AvgIpc) is 2.19. The Labute approximate surface area is 86.7 Å². The molecule has 0 aliphatic rings. The zero-order chi connectivity index (χ0) is 11.0. The van der Waals surface area contributed by atoms with E-state index in [1.165, 1.54) is 0 Å². The number of ketones is 1. The SMILES string of the molecule is C#CCCCC(=O)C(O)C(CC)CC. The second-order valence-corrected chi connectivity index (χ2v) is 3.55. The molecule has 0 rings (SSSR count). The van der Waals surface area contributed by atoms with Gasteiger partial charge in [-0.25, -0.2) is 0 Å². The zero-order valence-corrected chi connectivity index (χ0v) is 9.12. The molecule has 2 nitrogen and oxygen atoms in total. The third kappa shape index (κ3) is 4.43. The average molecular weight is 196 g/mol. The highest BCUT2D eigenvalue weighted by Crippen LogP contribution is 2.15. The maximum absolute atomic E-state index is 11.5. The first kappa shape index (κ1) is 13.2. The van der Waals surface area contributed by atoms with Crippen LogP contribution < -0.4 is 0 Å². The largest absolute Gasteiger partial charge is 0.385 e. The number of aliphatic hydroxyl groups excluding tert-OH is 1. The highest BCUT2D eigenvalue weighted by atomic mass is 16.3. The van der Waals surface area contributed by atoms with E-state index in [1.54, 1.807) is 0 Å². The predicted octanol–water partition coefficient (Wildman–Crippen LogP) is 2.16. The molecule has 0 aromatic carbocycles. The molecule has 0 amide bonds. The summed E-state index contributed by atoms with van der Waals surface area (Å²) in [6.07, 6.45) is 7.69. The Bertz CT molecular complexity index is 199. The lowest BCUT2D eigenvalue weighted by Crippen LogP contribution is -2.28. The van der Waals surface area contributed by atoms with Gasteiger partial charge in [0.2, 0.25) is 0 Å². The molecule has 0 aliphatic carbocycles. The van der Waals surface area contributed by atoms with Crippen LogP contribution in [-0.2, 0) is 4.79 Å². The minimum atomic E-state index is -0.789. The van der Waals surface area contributed by atoms with E-state index < -0.39 is 6.10 Å². The molecule has 1 atom stereocenters. The van der Waals surface area contributed by atoms with Crippen LogP contribution in [0.15, 0.2) is 0 Å². The summed E-state index contributed by atoms with van der Waals surface area (Å²) in [4.78, 5) is 11.5. The van der Waals surface area contributed by atoms with E-state index >= 15 is 0 Å². The van der Waals surface area contributed by atoms with Crippen molar-refractivity contribution >= 4 is 5.78 Å². The van der Waals surface area contributed by atoms with Crippen LogP contribution in [0.1, 0.15) is 46.0 Å². The minimum Gasteiger partial charge on any atom is -0.385 e. The van der Waals surface area contributed by atoms with Gasteiger partial charge in [-0.15, -0.1) is 12.3 Å². The van der Waals surface area contributed by atoms with E-state index in [9.17, 15) is 9.90 Å². The first-order chi connectivity index (χ1) is 6.67. The van der Waals surface area contributed by atoms with Crippen molar-refractivity contribution in [2.75, 3.05) is 0 Å². The highest BCUT2D eigenvalue weighted by Gasteiger charge is 2.22. The highest BCUT2D eigenvalue weighted by molar-refractivity contribution is 5.83. The second kappa shape index (κ2) is 7.58. The van der Waals surface area contributed by atoms with Gasteiger partial charge in [-0.2, -0.15) is 0 Å². The molecule has 1 unspecified atom stereocenters. The van der Waals surface area contributed by atoms with E-state index in [0.717, 1.165) is 12.8 Å². The molecular weight excluding hydrogens is 176 g/mol. The Kier molecular flexibility index (Phi) is 7.14. The molecule has 0 radical (unpaired) electrons. The number of rotatable bonds is 7. The fraction of sp³-hybridized carbons (Fsp3) is 0.750. The van der Waals surface area contributed by atoms with Gasteiger partial charge in [0.25, 0.3) is 0 Å². The summed E-state index contributed by atoms with van der Waals surface area (Å²) in [5, 5.41) is 9.68. The Hall–Kier alpha value is -0.810. The lowest BCUT2D eigenvalue weighted by atomic mass is 9.92. The zero-order valence-electron chi connectivity index (χ0n) is 9.12. The van der Waals surface area contributed by atoms with Gasteiger partial charge in [0.05, 0.1) is 0 Å². The van der Waals surface area contributed by atoms with Crippen molar-refractivity contribution < 1.29 is 9.90 Å². The number of hydrogen-bond donors (Lipinski definition) is 1. The van der Waals surface area contributed by atoms with E-state index in [4.69, 9.17) is 6.42 Å². The smallest absolute Gasteiger partial charge is 0.161 e. The summed E-state index contributed by atoms with van der Waals surface area (Å²) < 4.78 is 0. The molecule has 0 bridgehead atoms. The van der Waals surface area contributed by atoms with Gasteiger partial charge in [0.1, 0.15) is 6.10 Å². The summed E-state index contributed by atoms with van der Waals surface area (Å²) in [7, 11) is 0. The fourth-order valence-corrected chi connectivity index (χ4v) is 1.51. The standard InChI is InChI=1S/C12H20O2/c1-4-7-8-9-11(13)12(14)10(5-2)6-3/h1,10,12,14H,5-9H2,2-3H3. The second-order valence-electron chi connectivity index (χ2n) is 3.55. The van der Waals surface area contributed by atoms with E-state index in [2.05, 4.69) is 5.92 Å². The maximum atomic E-state index is 11.5. The molecule has 80 valence electrons. The Morgan fingerprint density at radius 3 is 2.43 bits per heavy atom. The van der Waals surface area contributed by atoms with Gasteiger partial charge in [-0.05, 0) is 12.3 Å². The molecule has 14 heavy (non-hydrogen) atoms. The topological polar surface area (TPSA) is 37.3 Å². The maximum Gasteiger partial charge on any atom is 0.161 e. The fourth-order valence-electron chi connectivity index (χ4n) is 1.51. The molecule has 0 spiro atoms. The van der Waals surface area contributed by atoms with Crippen molar-refractivity contribution in [2.24, 2.45) is 5.92 Å². The van der Waals surface area contributed by atoms with Crippen LogP contribution in [0, 0.1) is 18.3 Å². The lowest BCUT2D eigenvalue weighted by molar-refractivity contribution is -0.130. The number of aliphatic hydroxyl groups is 1. The summed E-state index contributed by atoms with van der Waals surface area (Å²) in [5.41, 5.74) is 0. The Morgan fingerprint density at radius 1 is 1.43 bits per heavy atom. The lowest BCUT2D eigenvalue weighted by Gasteiger charge is -2.18. The first-order valence-electron chi connectivity index (χ1n) is 5.31. The monoisotopic (exact) mass is 196 g/mol. The number of carbonyl (C=O) groups is 1. The van der Waals surface area contributed by atoms with Gasteiger partial charge in [0, 0.05) is 12.8 Å². The summed E-state index contributed by atoms with van der Waals surface area (Å²) in [6.45, 7) is 3.98. The van der Waals surface area contributed by atoms with E-state index in [0.29, 0.717) is 19.3 Å². The van der Waals surface area contributed by atoms with Gasteiger partial charge in [0.15, 0.2) is 5.78 Å². The normalized spacial score (nSPS) is 12.5. The molecule has 0 heterocycles. The molecule has 0 aromatic heterocycles. The molecular formula is C12H20O2. The van der Waals surface area contributed by atoms with Crippen LogP contribution in [0.25, 0.3) is 0 Å². The summed E-state index contributed by atoms with van der Waals surface area (Å²) >= 11 is 0.